The van der Waals surface area contributed by atoms with Crippen LogP contribution >= 0.6 is 15.9 Å². The standard InChI is InChI=1S/C13H19BrN2O2/c1-2-7-16-12(17)6-8-15-9-10-4-3-5-11(14)13(10)18/h3-5,15,18H,2,6-9H2,1H3,(H,16,17). The second-order valence-electron chi connectivity index (χ2n) is 4.02. The van der Waals surface area contributed by atoms with Crippen molar-refractivity contribution in [3.05, 3.63) is 28.2 Å². The number of amides is 1. The maximum atomic E-state index is 11.3. The van der Waals surface area contributed by atoms with Gasteiger partial charge in [0.05, 0.1) is 4.47 Å². The van der Waals surface area contributed by atoms with Gasteiger partial charge >= 0.3 is 0 Å². The number of rotatable bonds is 7. The highest BCUT2D eigenvalue weighted by Crippen LogP contribution is 2.26. The van der Waals surface area contributed by atoms with Gasteiger partial charge in [0.15, 0.2) is 0 Å². The normalized spacial score (nSPS) is 10.3. The Labute approximate surface area is 116 Å². The maximum absolute atomic E-state index is 11.3. The lowest BCUT2D eigenvalue weighted by Crippen LogP contribution is -2.28. The Balaban J connectivity index is 2.25. The molecule has 0 atom stereocenters. The minimum absolute atomic E-state index is 0.0582. The molecule has 0 heterocycles. The van der Waals surface area contributed by atoms with E-state index in [4.69, 9.17) is 0 Å². The van der Waals surface area contributed by atoms with Crippen LogP contribution in [0.4, 0.5) is 0 Å². The van der Waals surface area contributed by atoms with E-state index in [9.17, 15) is 9.90 Å². The Bertz CT molecular complexity index is 397. The van der Waals surface area contributed by atoms with Crippen LogP contribution in [0.25, 0.3) is 0 Å². The van der Waals surface area contributed by atoms with Gasteiger partial charge in [-0.15, -0.1) is 0 Å². The minimum atomic E-state index is 0.0582. The van der Waals surface area contributed by atoms with Gasteiger partial charge in [0.1, 0.15) is 5.75 Å². The van der Waals surface area contributed by atoms with Crippen LogP contribution < -0.4 is 10.6 Å². The number of benzene rings is 1. The molecule has 1 amide bonds. The zero-order valence-electron chi connectivity index (χ0n) is 10.5. The quantitative estimate of drug-likeness (QED) is 0.676. The van der Waals surface area contributed by atoms with Gasteiger partial charge in [-0.1, -0.05) is 19.1 Å². The van der Waals surface area contributed by atoms with Crippen molar-refractivity contribution in [2.75, 3.05) is 13.1 Å². The molecule has 1 aromatic rings. The van der Waals surface area contributed by atoms with Crippen LogP contribution in [0.5, 0.6) is 5.75 Å². The first kappa shape index (κ1) is 15.0. The second-order valence-corrected chi connectivity index (χ2v) is 4.88. The summed E-state index contributed by atoms with van der Waals surface area (Å²) >= 11 is 3.26. The second kappa shape index (κ2) is 8.11. The average molecular weight is 315 g/mol. The monoisotopic (exact) mass is 314 g/mol. The van der Waals surface area contributed by atoms with Crippen molar-refractivity contribution in [3.8, 4) is 5.75 Å². The third kappa shape index (κ3) is 5.06. The molecule has 0 unspecified atom stereocenters. The third-order valence-electron chi connectivity index (χ3n) is 2.49. The fraction of sp³-hybridized carbons (Fsp3) is 0.462. The van der Waals surface area contributed by atoms with Gasteiger partial charge < -0.3 is 15.7 Å². The van der Waals surface area contributed by atoms with Crippen molar-refractivity contribution < 1.29 is 9.90 Å². The summed E-state index contributed by atoms with van der Waals surface area (Å²) in [5.41, 5.74) is 0.818. The van der Waals surface area contributed by atoms with Crippen LogP contribution in [-0.4, -0.2) is 24.1 Å². The van der Waals surface area contributed by atoms with Crippen LogP contribution in [0, 0.1) is 0 Å². The molecule has 100 valence electrons. The number of hydrogen-bond acceptors (Lipinski definition) is 3. The first-order chi connectivity index (χ1) is 8.65. The molecule has 0 saturated carbocycles. The topological polar surface area (TPSA) is 61.4 Å². The van der Waals surface area contributed by atoms with Crippen LogP contribution in [0.15, 0.2) is 22.7 Å². The van der Waals surface area contributed by atoms with Crippen molar-refractivity contribution in [1.29, 1.82) is 0 Å². The Hall–Kier alpha value is -1.07. The summed E-state index contributed by atoms with van der Waals surface area (Å²) in [7, 11) is 0. The number of halogens is 1. The third-order valence-corrected chi connectivity index (χ3v) is 3.13. The van der Waals surface area contributed by atoms with Crippen LogP contribution in [0.3, 0.4) is 0 Å². The summed E-state index contributed by atoms with van der Waals surface area (Å²) in [6.45, 7) is 3.90. The molecule has 0 radical (unpaired) electrons. The van der Waals surface area contributed by atoms with E-state index in [1.165, 1.54) is 0 Å². The molecule has 1 aromatic carbocycles. The van der Waals surface area contributed by atoms with Gasteiger partial charge in [-0.2, -0.15) is 0 Å². The summed E-state index contributed by atoms with van der Waals surface area (Å²) in [6.07, 6.45) is 1.40. The molecule has 0 aromatic heterocycles. The first-order valence-electron chi connectivity index (χ1n) is 6.09. The van der Waals surface area contributed by atoms with E-state index >= 15 is 0 Å². The Kier molecular flexibility index (Phi) is 6.75. The van der Waals surface area contributed by atoms with E-state index in [1.54, 1.807) is 6.07 Å². The molecular formula is C13H19BrN2O2. The van der Waals surface area contributed by atoms with E-state index in [0.717, 1.165) is 18.5 Å². The fourth-order valence-corrected chi connectivity index (χ4v) is 1.89. The largest absolute Gasteiger partial charge is 0.506 e. The van der Waals surface area contributed by atoms with Crippen LogP contribution in [0.1, 0.15) is 25.3 Å². The number of aromatic hydroxyl groups is 1. The Morgan fingerprint density at radius 2 is 2.17 bits per heavy atom. The molecule has 0 aliphatic rings. The molecule has 18 heavy (non-hydrogen) atoms. The molecule has 0 aliphatic carbocycles. The number of carbonyl (C=O) groups is 1. The summed E-state index contributed by atoms with van der Waals surface area (Å²) in [5.74, 6) is 0.309. The van der Waals surface area contributed by atoms with E-state index in [0.29, 0.717) is 24.0 Å². The Morgan fingerprint density at radius 1 is 1.39 bits per heavy atom. The predicted octanol–water partition coefficient (Wildman–Crippen LogP) is 2.16. The van der Waals surface area contributed by atoms with E-state index in [1.807, 2.05) is 19.1 Å². The number of phenols is 1. The maximum Gasteiger partial charge on any atom is 0.221 e. The molecule has 0 bridgehead atoms. The lowest BCUT2D eigenvalue weighted by molar-refractivity contribution is -0.120. The number of carbonyl (C=O) groups excluding carboxylic acids is 1. The average Bonchev–Trinajstić information content (AvgIpc) is 2.37. The van der Waals surface area contributed by atoms with Gasteiger partial charge in [-0.05, 0) is 28.4 Å². The van der Waals surface area contributed by atoms with E-state index in [-0.39, 0.29) is 11.7 Å². The minimum Gasteiger partial charge on any atom is -0.506 e. The highest BCUT2D eigenvalue weighted by Gasteiger charge is 2.04. The fourth-order valence-electron chi connectivity index (χ4n) is 1.48. The van der Waals surface area contributed by atoms with Crippen molar-refractivity contribution >= 4 is 21.8 Å². The SMILES string of the molecule is CCCNC(=O)CCNCc1cccc(Br)c1O. The summed E-state index contributed by atoms with van der Waals surface area (Å²) in [5, 5.41) is 15.7. The first-order valence-corrected chi connectivity index (χ1v) is 6.88. The highest BCUT2D eigenvalue weighted by atomic mass is 79.9. The molecule has 4 nitrogen and oxygen atoms in total. The summed E-state index contributed by atoms with van der Waals surface area (Å²) in [6, 6.07) is 5.51. The zero-order chi connectivity index (χ0) is 13.4. The lowest BCUT2D eigenvalue weighted by Gasteiger charge is -2.08. The number of nitrogens with one attached hydrogen (secondary N) is 2. The van der Waals surface area contributed by atoms with Crippen molar-refractivity contribution in [3.63, 3.8) is 0 Å². The van der Waals surface area contributed by atoms with Gasteiger partial charge in [0, 0.05) is 31.6 Å². The van der Waals surface area contributed by atoms with Crippen molar-refractivity contribution in [2.45, 2.75) is 26.3 Å². The van der Waals surface area contributed by atoms with Gasteiger partial charge in [0.2, 0.25) is 5.91 Å². The molecule has 0 saturated heterocycles. The van der Waals surface area contributed by atoms with Crippen molar-refractivity contribution in [2.24, 2.45) is 0 Å². The lowest BCUT2D eigenvalue weighted by atomic mass is 10.2. The zero-order valence-corrected chi connectivity index (χ0v) is 12.1. The molecule has 0 aliphatic heterocycles. The van der Waals surface area contributed by atoms with Crippen LogP contribution in [0.2, 0.25) is 0 Å². The number of phenolic OH excluding ortho intramolecular Hbond substituents is 1. The van der Waals surface area contributed by atoms with Gasteiger partial charge in [-0.25, -0.2) is 0 Å². The molecule has 0 fully saturated rings. The molecule has 1 rings (SSSR count). The van der Waals surface area contributed by atoms with E-state index < -0.39 is 0 Å². The molecule has 0 spiro atoms. The van der Waals surface area contributed by atoms with Crippen LogP contribution in [-0.2, 0) is 11.3 Å². The van der Waals surface area contributed by atoms with Gasteiger partial charge in [0.25, 0.3) is 0 Å². The smallest absolute Gasteiger partial charge is 0.221 e. The molecular weight excluding hydrogens is 296 g/mol. The Morgan fingerprint density at radius 3 is 2.89 bits per heavy atom. The van der Waals surface area contributed by atoms with E-state index in [2.05, 4.69) is 26.6 Å². The summed E-state index contributed by atoms with van der Waals surface area (Å²) in [4.78, 5) is 11.3. The van der Waals surface area contributed by atoms with Crippen molar-refractivity contribution in [1.82, 2.24) is 10.6 Å². The molecule has 3 N–H and O–H groups in total. The predicted molar refractivity (Wildman–Crippen MR) is 75.4 cm³/mol. The highest BCUT2D eigenvalue weighted by molar-refractivity contribution is 9.10. The van der Waals surface area contributed by atoms with Gasteiger partial charge in [-0.3, -0.25) is 4.79 Å². The molecule has 5 heteroatoms. The number of hydrogen-bond donors (Lipinski definition) is 3. The summed E-state index contributed by atoms with van der Waals surface area (Å²) < 4.78 is 0.683. The number of para-hydroxylation sites is 1.